The van der Waals surface area contributed by atoms with Gasteiger partial charge in [-0.25, -0.2) is 28.2 Å². The molecule has 0 spiro atoms. The first-order valence-electron chi connectivity index (χ1n) is 7.36. The number of hydrogen-bond acceptors (Lipinski definition) is 5. The van der Waals surface area contributed by atoms with Gasteiger partial charge in [0.25, 0.3) is 5.92 Å². The van der Waals surface area contributed by atoms with E-state index >= 15 is 0 Å². The molecule has 0 bridgehead atoms. The number of aromatic nitrogens is 6. The van der Waals surface area contributed by atoms with Crippen LogP contribution in [0.2, 0.25) is 5.15 Å². The Balaban J connectivity index is 1.71. The van der Waals surface area contributed by atoms with Gasteiger partial charge in [0.15, 0.2) is 0 Å². The number of imidazole rings is 1. The molecule has 128 valence electrons. The van der Waals surface area contributed by atoms with Crippen molar-refractivity contribution in [2.24, 2.45) is 0 Å². The number of fused-ring (bicyclic) bond motifs is 2. The third-order valence-electron chi connectivity index (χ3n) is 3.60. The molecule has 10 heteroatoms. The van der Waals surface area contributed by atoms with Crippen LogP contribution in [0.3, 0.4) is 0 Å². The molecule has 0 saturated heterocycles. The summed E-state index contributed by atoms with van der Waals surface area (Å²) in [5, 5.41) is 7.16. The predicted octanol–water partition coefficient (Wildman–Crippen LogP) is 3.16. The second kappa shape index (κ2) is 5.62. The Morgan fingerprint density at radius 3 is 2.80 bits per heavy atom. The first-order valence-corrected chi connectivity index (χ1v) is 7.73. The van der Waals surface area contributed by atoms with Crippen molar-refractivity contribution in [1.29, 1.82) is 0 Å². The fraction of sp³-hybridized carbons (Fsp3) is 0.200. The summed E-state index contributed by atoms with van der Waals surface area (Å²) in [7, 11) is 0. The zero-order chi connectivity index (χ0) is 17.6. The number of halogens is 3. The zero-order valence-electron chi connectivity index (χ0n) is 13.0. The monoisotopic (exact) mass is 363 g/mol. The lowest BCUT2D eigenvalue weighted by atomic mass is 10.1. The molecule has 0 saturated carbocycles. The van der Waals surface area contributed by atoms with Gasteiger partial charge in [0.2, 0.25) is 11.7 Å². The van der Waals surface area contributed by atoms with Gasteiger partial charge in [0.1, 0.15) is 5.15 Å². The summed E-state index contributed by atoms with van der Waals surface area (Å²) in [5.74, 6) is -2.21. The summed E-state index contributed by atoms with van der Waals surface area (Å²) < 4.78 is 29.1. The van der Waals surface area contributed by atoms with Crippen molar-refractivity contribution < 1.29 is 8.78 Å². The van der Waals surface area contributed by atoms with E-state index in [0.29, 0.717) is 16.4 Å². The van der Waals surface area contributed by atoms with Gasteiger partial charge in [-0.2, -0.15) is 0 Å². The van der Waals surface area contributed by atoms with E-state index in [9.17, 15) is 8.78 Å². The van der Waals surface area contributed by atoms with E-state index in [2.05, 4.69) is 25.4 Å². The quantitative estimate of drug-likeness (QED) is 0.603. The van der Waals surface area contributed by atoms with Crippen molar-refractivity contribution in [3.8, 4) is 11.1 Å². The van der Waals surface area contributed by atoms with E-state index in [1.165, 1.54) is 6.20 Å². The molecule has 0 aromatic carbocycles. The topological polar surface area (TPSA) is 72.4 Å². The molecule has 4 aromatic rings. The average Bonchev–Trinajstić information content (AvgIpc) is 3.15. The van der Waals surface area contributed by atoms with Gasteiger partial charge in [0.05, 0.1) is 24.5 Å². The van der Waals surface area contributed by atoms with Gasteiger partial charge in [-0.05, 0) is 6.07 Å². The van der Waals surface area contributed by atoms with E-state index in [1.807, 2.05) is 12.3 Å². The molecule has 4 rings (SSSR count). The minimum Gasteiger partial charge on any atom is -0.347 e. The first kappa shape index (κ1) is 15.7. The van der Waals surface area contributed by atoms with Crippen molar-refractivity contribution >= 4 is 28.8 Å². The van der Waals surface area contributed by atoms with E-state index in [-0.39, 0.29) is 5.95 Å². The average molecular weight is 364 g/mol. The molecular weight excluding hydrogens is 352 g/mol. The van der Waals surface area contributed by atoms with E-state index in [1.54, 1.807) is 27.5 Å². The van der Waals surface area contributed by atoms with Crippen LogP contribution < -0.4 is 5.32 Å². The van der Waals surface area contributed by atoms with Crippen molar-refractivity contribution in [2.75, 3.05) is 11.9 Å². The van der Waals surface area contributed by atoms with Crippen LogP contribution in [-0.2, 0) is 0 Å². The lowest BCUT2D eigenvalue weighted by molar-refractivity contribution is 0.0365. The van der Waals surface area contributed by atoms with Crippen LogP contribution in [0.15, 0.2) is 37.1 Å². The molecule has 4 heterocycles. The van der Waals surface area contributed by atoms with Gasteiger partial charge in [-0.1, -0.05) is 11.6 Å². The number of hydrogen-bond donors (Lipinski definition) is 1. The number of rotatable bonds is 4. The molecule has 0 amide bonds. The maximum absolute atomic E-state index is 12.9. The molecule has 0 aliphatic heterocycles. The van der Waals surface area contributed by atoms with Gasteiger partial charge in [-0.3, -0.25) is 4.40 Å². The molecule has 0 aliphatic rings. The maximum atomic E-state index is 12.9. The summed E-state index contributed by atoms with van der Waals surface area (Å²) in [6.07, 6.45) is 8.31. The van der Waals surface area contributed by atoms with Crippen LogP contribution in [-0.4, -0.2) is 41.4 Å². The number of anilines is 1. The fourth-order valence-corrected chi connectivity index (χ4v) is 2.62. The SMILES string of the molecule is CC(F)(F)CNc1ncc2c(-c3cnc4ncc(Cl)n4c3)ccn2n1. The molecule has 0 unspecified atom stereocenters. The minimum atomic E-state index is -2.84. The Kier molecular flexibility index (Phi) is 3.53. The summed E-state index contributed by atoms with van der Waals surface area (Å²) in [5.41, 5.74) is 2.36. The van der Waals surface area contributed by atoms with E-state index in [4.69, 9.17) is 11.6 Å². The molecule has 7 nitrogen and oxygen atoms in total. The van der Waals surface area contributed by atoms with Crippen molar-refractivity contribution in [1.82, 2.24) is 29.0 Å². The highest BCUT2D eigenvalue weighted by molar-refractivity contribution is 6.29. The summed E-state index contributed by atoms with van der Waals surface area (Å²) >= 11 is 6.08. The minimum absolute atomic E-state index is 0.127. The Hall–Kier alpha value is -2.81. The molecule has 0 radical (unpaired) electrons. The highest BCUT2D eigenvalue weighted by Gasteiger charge is 2.21. The first-order chi connectivity index (χ1) is 11.9. The maximum Gasteiger partial charge on any atom is 0.262 e. The second-order valence-corrected chi connectivity index (χ2v) is 6.05. The molecule has 0 atom stereocenters. The third kappa shape index (κ3) is 2.98. The van der Waals surface area contributed by atoms with Gasteiger partial charge < -0.3 is 5.32 Å². The predicted molar refractivity (Wildman–Crippen MR) is 89.1 cm³/mol. The second-order valence-electron chi connectivity index (χ2n) is 5.66. The Labute approximate surface area is 145 Å². The number of nitrogens with one attached hydrogen (secondary N) is 1. The largest absolute Gasteiger partial charge is 0.347 e. The molecule has 4 aromatic heterocycles. The van der Waals surface area contributed by atoms with Crippen LogP contribution in [0, 0.1) is 0 Å². The third-order valence-corrected chi connectivity index (χ3v) is 3.88. The standard InChI is InChI=1S/C15H12ClF2N7/c1-15(17,18)8-22-13-19-5-11-10(2-3-25(11)23-13)9-4-20-14-21-6-12(16)24(14)7-9/h2-7H,8H2,1H3,(H,22,23). The number of alkyl halides is 2. The van der Waals surface area contributed by atoms with Crippen LogP contribution in [0.4, 0.5) is 14.7 Å². The van der Waals surface area contributed by atoms with Crippen molar-refractivity contribution in [3.63, 3.8) is 0 Å². The lowest BCUT2D eigenvalue weighted by Crippen LogP contribution is -2.24. The Morgan fingerprint density at radius 1 is 1.20 bits per heavy atom. The van der Waals surface area contributed by atoms with E-state index < -0.39 is 12.5 Å². The fourth-order valence-electron chi connectivity index (χ4n) is 2.44. The van der Waals surface area contributed by atoms with Gasteiger partial charge in [-0.15, -0.1) is 5.10 Å². The van der Waals surface area contributed by atoms with Gasteiger partial charge >= 0.3 is 0 Å². The van der Waals surface area contributed by atoms with Gasteiger partial charge in [0, 0.05) is 36.6 Å². The zero-order valence-corrected chi connectivity index (χ0v) is 13.7. The molecular formula is C15H12ClF2N7. The molecule has 0 fully saturated rings. The van der Waals surface area contributed by atoms with Crippen LogP contribution in [0.25, 0.3) is 22.4 Å². The highest BCUT2D eigenvalue weighted by atomic mass is 35.5. The smallest absolute Gasteiger partial charge is 0.262 e. The molecule has 1 N–H and O–H groups in total. The summed E-state index contributed by atoms with van der Waals surface area (Å²) in [6, 6.07) is 1.84. The van der Waals surface area contributed by atoms with Crippen molar-refractivity contribution in [3.05, 3.63) is 42.2 Å². The van der Waals surface area contributed by atoms with E-state index in [0.717, 1.165) is 18.1 Å². The number of nitrogens with zero attached hydrogens (tertiary/aromatic N) is 6. The Bertz CT molecular complexity index is 1070. The summed E-state index contributed by atoms with van der Waals surface area (Å²) in [6.45, 7) is 0.295. The molecule has 25 heavy (non-hydrogen) atoms. The summed E-state index contributed by atoms with van der Waals surface area (Å²) in [4.78, 5) is 12.4. The Morgan fingerprint density at radius 2 is 2.00 bits per heavy atom. The molecule has 0 aliphatic carbocycles. The lowest BCUT2D eigenvalue weighted by Gasteiger charge is -2.11. The van der Waals surface area contributed by atoms with Crippen LogP contribution in [0.1, 0.15) is 6.92 Å². The normalized spacial score (nSPS) is 12.2. The van der Waals surface area contributed by atoms with Crippen molar-refractivity contribution in [2.45, 2.75) is 12.8 Å². The van der Waals surface area contributed by atoms with Crippen LogP contribution in [0.5, 0.6) is 0 Å². The highest BCUT2D eigenvalue weighted by Crippen LogP contribution is 2.26. The van der Waals surface area contributed by atoms with Crippen LogP contribution >= 0.6 is 11.6 Å².